The Morgan fingerprint density at radius 2 is 2.19 bits per heavy atom. The van der Waals surface area contributed by atoms with E-state index in [9.17, 15) is 14.9 Å². The van der Waals surface area contributed by atoms with Crippen LogP contribution < -0.4 is 0 Å². The van der Waals surface area contributed by atoms with Crippen molar-refractivity contribution < 1.29 is 14.5 Å². The fourth-order valence-corrected chi connectivity index (χ4v) is 1.65. The Bertz CT molecular complexity index is 357. The maximum absolute atomic E-state index is 10.8. The average molecular weight is 225 g/mol. The van der Waals surface area contributed by atoms with E-state index in [1.54, 1.807) is 6.08 Å². The lowest BCUT2D eigenvalue weighted by Crippen LogP contribution is -2.17. The summed E-state index contributed by atoms with van der Waals surface area (Å²) in [7, 11) is 0. The third-order valence-corrected chi connectivity index (χ3v) is 2.43. The van der Waals surface area contributed by atoms with Crippen LogP contribution in [0, 0.1) is 16.0 Å². The first-order valence-electron chi connectivity index (χ1n) is 5.20. The van der Waals surface area contributed by atoms with E-state index < -0.39 is 0 Å². The number of ether oxygens (including phenoxy) is 1. The van der Waals surface area contributed by atoms with E-state index in [0.717, 1.165) is 6.42 Å². The van der Waals surface area contributed by atoms with E-state index in [1.165, 1.54) is 6.92 Å². The van der Waals surface area contributed by atoms with Crippen molar-refractivity contribution in [2.24, 2.45) is 5.92 Å². The Morgan fingerprint density at radius 1 is 1.56 bits per heavy atom. The molecule has 0 aliphatic heterocycles. The topological polar surface area (TPSA) is 69.4 Å². The minimum Gasteiger partial charge on any atom is -0.465 e. The van der Waals surface area contributed by atoms with Gasteiger partial charge in [-0.1, -0.05) is 13.0 Å². The highest BCUT2D eigenvalue weighted by Crippen LogP contribution is 2.26. The van der Waals surface area contributed by atoms with Gasteiger partial charge in [0.15, 0.2) is 0 Å². The predicted molar refractivity (Wildman–Crippen MR) is 58.2 cm³/mol. The van der Waals surface area contributed by atoms with E-state index in [1.807, 2.05) is 13.0 Å². The molecule has 1 unspecified atom stereocenters. The molecule has 0 amide bonds. The van der Waals surface area contributed by atoms with Gasteiger partial charge in [0.05, 0.1) is 11.5 Å². The van der Waals surface area contributed by atoms with Crippen LogP contribution in [0.2, 0.25) is 0 Å². The summed E-state index contributed by atoms with van der Waals surface area (Å²) in [5.41, 5.74) is 0.809. The molecule has 0 spiro atoms. The van der Waals surface area contributed by atoms with Gasteiger partial charge in [0.25, 0.3) is 5.70 Å². The lowest BCUT2D eigenvalue weighted by Gasteiger charge is -2.16. The molecule has 0 saturated heterocycles. The maximum Gasteiger partial charge on any atom is 0.302 e. The van der Waals surface area contributed by atoms with Crippen molar-refractivity contribution in [2.45, 2.75) is 26.7 Å². The Labute approximate surface area is 93.9 Å². The molecule has 5 heteroatoms. The zero-order chi connectivity index (χ0) is 12.1. The van der Waals surface area contributed by atoms with Crippen LogP contribution in [0.3, 0.4) is 0 Å². The molecule has 0 heterocycles. The SMILES string of the molecule is CC(=O)OCC(C)C1=CCCC=C1[N+](=O)[O-]. The van der Waals surface area contributed by atoms with E-state index in [-0.39, 0.29) is 29.1 Å². The highest BCUT2D eigenvalue weighted by atomic mass is 16.6. The van der Waals surface area contributed by atoms with Crippen molar-refractivity contribution in [1.29, 1.82) is 0 Å². The molecule has 16 heavy (non-hydrogen) atoms. The fourth-order valence-electron chi connectivity index (χ4n) is 1.65. The first kappa shape index (κ1) is 12.4. The molecule has 1 aliphatic rings. The Balaban J connectivity index is 2.70. The molecule has 0 radical (unpaired) electrons. The first-order valence-corrected chi connectivity index (χ1v) is 5.20. The van der Waals surface area contributed by atoms with E-state index >= 15 is 0 Å². The van der Waals surface area contributed by atoms with Crippen LogP contribution in [0.1, 0.15) is 26.7 Å². The van der Waals surface area contributed by atoms with Gasteiger partial charge in [0, 0.05) is 18.4 Å². The number of carbonyl (C=O) groups is 1. The summed E-state index contributed by atoms with van der Waals surface area (Å²) in [6.45, 7) is 3.33. The molecule has 0 fully saturated rings. The Kier molecular flexibility index (Phi) is 4.22. The van der Waals surface area contributed by atoms with Gasteiger partial charge in [-0.3, -0.25) is 14.9 Å². The van der Waals surface area contributed by atoms with Crippen LogP contribution in [0.15, 0.2) is 23.4 Å². The zero-order valence-electron chi connectivity index (χ0n) is 9.43. The molecule has 0 aromatic rings. The van der Waals surface area contributed by atoms with Gasteiger partial charge < -0.3 is 4.74 Å². The molecule has 0 aromatic heterocycles. The number of rotatable bonds is 4. The second-order valence-corrected chi connectivity index (χ2v) is 3.79. The van der Waals surface area contributed by atoms with Crippen LogP contribution in [-0.4, -0.2) is 17.5 Å². The number of esters is 1. The number of hydrogen-bond acceptors (Lipinski definition) is 4. The smallest absolute Gasteiger partial charge is 0.302 e. The molecular weight excluding hydrogens is 210 g/mol. The normalized spacial score (nSPS) is 17.1. The van der Waals surface area contributed by atoms with E-state index in [2.05, 4.69) is 0 Å². The van der Waals surface area contributed by atoms with E-state index in [0.29, 0.717) is 12.0 Å². The van der Waals surface area contributed by atoms with Crippen molar-refractivity contribution >= 4 is 5.97 Å². The van der Waals surface area contributed by atoms with Crippen LogP contribution in [0.4, 0.5) is 0 Å². The number of nitrogens with zero attached hydrogens (tertiary/aromatic N) is 1. The summed E-state index contributed by atoms with van der Waals surface area (Å²) >= 11 is 0. The molecule has 88 valence electrons. The van der Waals surface area contributed by atoms with Crippen molar-refractivity contribution in [3.63, 3.8) is 0 Å². The largest absolute Gasteiger partial charge is 0.465 e. The summed E-state index contributed by atoms with van der Waals surface area (Å²) < 4.78 is 4.86. The minimum absolute atomic E-state index is 0.138. The van der Waals surface area contributed by atoms with Crippen LogP contribution in [0.25, 0.3) is 0 Å². The highest BCUT2D eigenvalue weighted by molar-refractivity contribution is 5.65. The molecule has 1 aliphatic carbocycles. The number of hydrogen-bond donors (Lipinski definition) is 0. The lowest BCUT2D eigenvalue weighted by molar-refractivity contribution is -0.422. The lowest BCUT2D eigenvalue weighted by atomic mass is 9.93. The molecule has 5 nitrogen and oxygen atoms in total. The molecule has 1 atom stereocenters. The minimum atomic E-state index is -0.380. The summed E-state index contributed by atoms with van der Waals surface area (Å²) in [6, 6.07) is 0. The molecule has 0 saturated carbocycles. The number of carbonyl (C=O) groups excluding carboxylic acids is 1. The molecule has 0 N–H and O–H groups in total. The third kappa shape index (κ3) is 3.18. The first-order chi connectivity index (χ1) is 7.52. The molecule has 1 rings (SSSR count). The predicted octanol–water partition coefficient (Wildman–Crippen LogP) is 2.07. The van der Waals surface area contributed by atoms with Crippen LogP contribution in [0.5, 0.6) is 0 Å². The second-order valence-electron chi connectivity index (χ2n) is 3.79. The van der Waals surface area contributed by atoms with Crippen molar-refractivity contribution in [3.05, 3.63) is 33.5 Å². The summed E-state index contributed by atoms with van der Waals surface area (Å²) in [6.07, 6.45) is 4.98. The van der Waals surface area contributed by atoms with Gasteiger partial charge in [0.1, 0.15) is 0 Å². The van der Waals surface area contributed by atoms with Crippen molar-refractivity contribution in [1.82, 2.24) is 0 Å². The zero-order valence-corrected chi connectivity index (χ0v) is 9.43. The summed E-state index contributed by atoms with van der Waals surface area (Å²) in [4.78, 5) is 21.1. The quantitative estimate of drug-likeness (QED) is 0.417. The van der Waals surface area contributed by atoms with Crippen LogP contribution >= 0.6 is 0 Å². The molecule has 0 aromatic carbocycles. The van der Waals surface area contributed by atoms with Crippen LogP contribution in [-0.2, 0) is 9.53 Å². The Morgan fingerprint density at radius 3 is 2.75 bits per heavy atom. The second kappa shape index (κ2) is 5.44. The standard InChI is InChI=1S/C11H15NO4/c1-8(7-16-9(2)13)10-5-3-4-6-11(10)12(14)15/h5-6,8H,3-4,7H2,1-2H3. The molecular formula is C11H15NO4. The summed E-state index contributed by atoms with van der Waals surface area (Å²) in [5, 5.41) is 10.8. The molecule has 0 bridgehead atoms. The van der Waals surface area contributed by atoms with E-state index in [4.69, 9.17) is 4.74 Å². The van der Waals surface area contributed by atoms with Gasteiger partial charge in [0.2, 0.25) is 0 Å². The average Bonchev–Trinajstić information content (AvgIpc) is 2.25. The maximum atomic E-state index is 10.8. The van der Waals surface area contributed by atoms with Gasteiger partial charge in [-0.25, -0.2) is 0 Å². The summed E-state index contributed by atoms with van der Waals surface area (Å²) in [5.74, 6) is -0.504. The third-order valence-electron chi connectivity index (χ3n) is 2.43. The fraction of sp³-hybridized carbons (Fsp3) is 0.545. The monoisotopic (exact) mass is 225 g/mol. The number of nitro groups is 1. The number of allylic oxidation sites excluding steroid dienone is 3. The highest BCUT2D eigenvalue weighted by Gasteiger charge is 2.24. The van der Waals surface area contributed by atoms with Crippen molar-refractivity contribution in [2.75, 3.05) is 6.61 Å². The van der Waals surface area contributed by atoms with Gasteiger partial charge >= 0.3 is 5.97 Å². The van der Waals surface area contributed by atoms with Gasteiger partial charge in [-0.15, -0.1) is 0 Å². The van der Waals surface area contributed by atoms with Gasteiger partial charge in [-0.05, 0) is 18.9 Å². The van der Waals surface area contributed by atoms with Crippen molar-refractivity contribution in [3.8, 4) is 0 Å². The Hall–Kier alpha value is -1.65. The van der Waals surface area contributed by atoms with Gasteiger partial charge in [-0.2, -0.15) is 0 Å².